The first-order chi connectivity index (χ1) is 7.72. The van der Waals surface area contributed by atoms with Crippen LogP contribution in [0.1, 0.15) is 5.56 Å². The van der Waals surface area contributed by atoms with Crippen LogP contribution in [-0.4, -0.2) is 36.4 Å². The molecular formula is C11H17NO4. The fourth-order valence-corrected chi connectivity index (χ4v) is 1.03. The van der Waals surface area contributed by atoms with Crippen molar-refractivity contribution in [2.75, 3.05) is 20.3 Å². The predicted octanol–water partition coefficient (Wildman–Crippen LogP) is 0.260. The minimum atomic E-state index is -0.996. The van der Waals surface area contributed by atoms with Gasteiger partial charge in [-0.05, 0) is 31.2 Å². The van der Waals surface area contributed by atoms with Crippen LogP contribution in [0.3, 0.4) is 0 Å². The van der Waals surface area contributed by atoms with Crippen LogP contribution in [0.25, 0.3) is 0 Å². The van der Waals surface area contributed by atoms with Gasteiger partial charge < -0.3 is 20.7 Å². The quantitative estimate of drug-likeness (QED) is 0.671. The molecule has 0 spiro atoms. The number of hydrogen-bond acceptors (Lipinski definition) is 4. The number of ether oxygens (including phenoxy) is 1. The Hall–Kier alpha value is -1.59. The second kappa shape index (κ2) is 8.70. The van der Waals surface area contributed by atoms with Crippen molar-refractivity contribution in [1.82, 2.24) is 0 Å². The first-order valence-electron chi connectivity index (χ1n) is 4.84. The molecule has 0 bridgehead atoms. The molecule has 0 atom stereocenters. The molecule has 5 nitrogen and oxygen atoms in total. The molecule has 1 aromatic rings. The number of carbonyl (C=O) groups is 1. The maximum atomic E-state index is 10.2. The van der Waals surface area contributed by atoms with Crippen LogP contribution >= 0.6 is 0 Å². The van der Waals surface area contributed by atoms with Crippen LogP contribution in [0.4, 0.5) is 0 Å². The van der Waals surface area contributed by atoms with Crippen molar-refractivity contribution in [1.29, 1.82) is 0 Å². The summed E-state index contributed by atoms with van der Waals surface area (Å²) < 4.78 is 4.94. The average Bonchev–Trinajstić information content (AvgIpc) is 2.31. The van der Waals surface area contributed by atoms with Gasteiger partial charge in [0.15, 0.2) is 6.61 Å². The third-order valence-corrected chi connectivity index (χ3v) is 1.69. The highest BCUT2D eigenvalue weighted by molar-refractivity contribution is 5.68. The summed E-state index contributed by atoms with van der Waals surface area (Å²) in [7, 11) is 1.50. The molecule has 0 saturated heterocycles. The molecule has 0 aromatic heterocycles. The number of carboxylic acids is 1. The van der Waals surface area contributed by atoms with Gasteiger partial charge in [-0.1, -0.05) is 12.1 Å². The Morgan fingerprint density at radius 2 is 1.88 bits per heavy atom. The Morgan fingerprint density at radius 1 is 1.31 bits per heavy atom. The summed E-state index contributed by atoms with van der Waals surface area (Å²) in [4.78, 5) is 10.2. The predicted molar refractivity (Wildman–Crippen MR) is 60.5 cm³/mol. The molecule has 0 radical (unpaired) electrons. The van der Waals surface area contributed by atoms with Crippen LogP contribution in [-0.2, 0) is 11.2 Å². The minimum Gasteiger partial charge on any atom is -0.482 e. The van der Waals surface area contributed by atoms with E-state index in [0.29, 0.717) is 12.2 Å². The number of hydrogen-bond donors (Lipinski definition) is 3. The van der Waals surface area contributed by atoms with Crippen LogP contribution in [0.15, 0.2) is 24.3 Å². The van der Waals surface area contributed by atoms with E-state index in [2.05, 4.69) is 5.73 Å². The zero-order valence-corrected chi connectivity index (χ0v) is 9.22. The maximum Gasteiger partial charge on any atom is 0.341 e. The van der Waals surface area contributed by atoms with Gasteiger partial charge in [0.25, 0.3) is 0 Å². The summed E-state index contributed by atoms with van der Waals surface area (Å²) in [6.07, 6.45) is 0.596. The number of nitrogens with two attached hydrogens (primary N) is 1. The Labute approximate surface area is 94.5 Å². The average molecular weight is 227 g/mol. The van der Waals surface area contributed by atoms with Gasteiger partial charge in [0.1, 0.15) is 5.75 Å². The van der Waals surface area contributed by atoms with E-state index in [1.165, 1.54) is 7.05 Å². The van der Waals surface area contributed by atoms with Crippen molar-refractivity contribution >= 4 is 5.97 Å². The van der Waals surface area contributed by atoms with Gasteiger partial charge in [0, 0.05) is 6.61 Å². The van der Waals surface area contributed by atoms with Crippen molar-refractivity contribution in [3.8, 4) is 5.75 Å². The molecule has 16 heavy (non-hydrogen) atoms. The summed E-state index contributed by atoms with van der Waals surface area (Å²) in [6, 6.07) is 6.97. The highest BCUT2D eigenvalue weighted by Gasteiger charge is 1.98. The normalized spacial score (nSPS) is 8.94. The lowest BCUT2D eigenvalue weighted by Gasteiger charge is -2.03. The number of aliphatic hydroxyl groups is 1. The minimum absolute atomic E-state index is 0.106. The summed E-state index contributed by atoms with van der Waals surface area (Å²) in [5, 5.41) is 17.0. The summed E-state index contributed by atoms with van der Waals surface area (Å²) in [6.45, 7) is -0.228. The molecule has 5 heteroatoms. The molecule has 0 heterocycles. The zero-order valence-electron chi connectivity index (χ0n) is 9.22. The lowest BCUT2D eigenvalue weighted by molar-refractivity contribution is -0.139. The fraction of sp³-hybridized carbons (Fsp3) is 0.364. The van der Waals surface area contributed by atoms with E-state index in [1.807, 2.05) is 0 Å². The maximum absolute atomic E-state index is 10.2. The van der Waals surface area contributed by atoms with Crippen LogP contribution in [0.2, 0.25) is 0 Å². The number of aliphatic carboxylic acids is 1. The largest absolute Gasteiger partial charge is 0.482 e. The van der Waals surface area contributed by atoms with Gasteiger partial charge in [-0.2, -0.15) is 0 Å². The molecule has 0 saturated carbocycles. The van der Waals surface area contributed by atoms with E-state index in [9.17, 15) is 4.79 Å². The van der Waals surface area contributed by atoms with Crippen LogP contribution in [0, 0.1) is 0 Å². The Morgan fingerprint density at radius 3 is 2.31 bits per heavy atom. The molecule has 0 fully saturated rings. The highest BCUT2D eigenvalue weighted by Crippen LogP contribution is 2.12. The molecular weight excluding hydrogens is 210 g/mol. The summed E-state index contributed by atoms with van der Waals surface area (Å²) >= 11 is 0. The van der Waals surface area contributed by atoms with E-state index in [4.69, 9.17) is 14.9 Å². The first-order valence-corrected chi connectivity index (χ1v) is 4.84. The van der Waals surface area contributed by atoms with Gasteiger partial charge in [-0.15, -0.1) is 0 Å². The van der Waals surface area contributed by atoms with Gasteiger partial charge >= 0.3 is 5.97 Å². The Balaban J connectivity index is 0.00000106. The van der Waals surface area contributed by atoms with Gasteiger partial charge in [0.2, 0.25) is 0 Å². The smallest absolute Gasteiger partial charge is 0.341 e. The molecule has 0 unspecified atom stereocenters. The molecule has 1 rings (SSSR count). The molecule has 90 valence electrons. The molecule has 0 amide bonds. The van der Waals surface area contributed by atoms with Crippen LogP contribution in [0.5, 0.6) is 5.75 Å². The lowest BCUT2D eigenvalue weighted by atomic mass is 10.1. The third kappa shape index (κ3) is 6.00. The van der Waals surface area contributed by atoms with Crippen molar-refractivity contribution in [2.45, 2.75) is 6.42 Å². The molecule has 1 aromatic carbocycles. The van der Waals surface area contributed by atoms with Crippen molar-refractivity contribution in [3.05, 3.63) is 29.8 Å². The topological polar surface area (TPSA) is 92.8 Å². The van der Waals surface area contributed by atoms with Gasteiger partial charge in [0.05, 0.1) is 0 Å². The molecule has 0 aliphatic rings. The molecule has 4 N–H and O–H groups in total. The van der Waals surface area contributed by atoms with Crippen molar-refractivity contribution < 1.29 is 19.7 Å². The van der Waals surface area contributed by atoms with Crippen molar-refractivity contribution in [3.63, 3.8) is 0 Å². The number of carboxylic acid groups (broad SMARTS) is 1. The lowest BCUT2D eigenvalue weighted by Crippen LogP contribution is -2.09. The van der Waals surface area contributed by atoms with E-state index < -0.39 is 5.97 Å². The molecule has 0 aliphatic heterocycles. The number of aliphatic hydroxyl groups excluding tert-OH is 1. The monoisotopic (exact) mass is 227 g/mol. The highest BCUT2D eigenvalue weighted by atomic mass is 16.5. The number of benzene rings is 1. The Kier molecular flexibility index (Phi) is 7.83. The Bertz CT molecular complexity index is 297. The summed E-state index contributed by atoms with van der Waals surface area (Å²) in [5.41, 5.74) is 5.50. The fourth-order valence-electron chi connectivity index (χ4n) is 1.03. The van der Waals surface area contributed by atoms with Crippen molar-refractivity contribution in [2.24, 2.45) is 5.73 Å². The van der Waals surface area contributed by atoms with Gasteiger partial charge in [-0.25, -0.2) is 4.79 Å². The summed E-state index contributed by atoms with van der Waals surface area (Å²) in [5.74, 6) is -0.474. The van der Waals surface area contributed by atoms with Gasteiger partial charge in [-0.3, -0.25) is 0 Å². The van der Waals surface area contributed by atoms with E-state index in [-0.39, 0.29) is 13.2 Å². The number of rotatable bonds is 5. The standard InChI is InChI=1S/C10H12O4.CH5N/c11-6-5-8-1-3-9(4-2-8)14-7-10(12)13;1-2/h1-4,11H,5-7H2,(H,12,13);2H2,1H3. The first kappa shape index (κ1) is 14.4. The van der Waals surface area contributed by atoms with E-state index >= 15 is 0 Å². The SMILES string of the molecule is CN.O=C(O)COc1ccc(CCO)cc1. The van der Waals surface area contributed by atoms with Crippen LogP contribution < -0.4 is 10.5 Å². The zero-order chi connectivity index (χ0) is 12.4. The van der Waals surface area contributed by atoms with E-state index in [1.54, 1.807) is 24.3 Å². The third-order valence-electron chi connectivity index (χ3n) is 1.69. The molecule has 0 aliphatic carbocycles. The van der Waals surface area contributed by atoms with E-state index in [0.717, 1.165) is 5.56 Å². The second-order valence-corrected chi connectivity index (χ2v) is 2.80. The second-order valence-electron chi connectivity index (χ2n) is 2.80.